The molecule has 2 aromatic carbocycles. The third kappa shape index (κ3) is 3.81. The Bertz CT molecular complexity index is 627. The number of nitrogens with two attached hydrogens (primary N) is 1. The van der Waals surface area contributed by atoms with Crippen LogP contribution in [0.25, 0.3) is 0 Å². The fourth-order valence-corrected chi connectivity index (χ4v) is 1.88. The van der Waals surface area contributed by atoms with Gasteiger partial charge in [0, 0.05) is 11.8 Å². The number of para-hydroxylation sites is 1. The molecule has 0 fully saturated rings. The van der Waals surface area contributed by atoms with Crippen LogP contribution in [0.1, 0.15) is 11.1 Å². The molecule has 0 aliphatic carbocycles. The van der Waals surface area contributed by atoms with E-state index in [1.807, 2.05) is 0 Å². The molecule has 6 heteroatoms. The van der Waals surface area contributed by atoms with Gasteiger partial charge in [-0.3, -0.25) is 0 Å². The number of alkyl halides is 3. The molecule has 0 aliphatic heterocycles. The average Bonchev–Trinajstić information content (AvgIpc) is 2.44. The Morgan fingerprint density at radius 2 is 1.81 bits per heavy atom. The molecule has 0 saturated heterocycles. The van der Waals surface area contributed by atoms with Gasteiger partial charge in [0.25, 0.3) is 0 Å². The van der Waals surface area contributed by atoms with Gasteiger partial charge in [-0.1, -0.05) is 12.1 Å². The van der Waals surface area contributed by atoms with Gasteiger partial charge in [0.2, 0.25) is 0 Å². The minimum atomic E-state index is -4.45. The number of rotatable bonds is 4. The molecule has 21 heavy (non-hydrogen) atoms. The first-order chi connectivity index (χ1) is 9.90. The molecule has 0 bridgehead atoms. The molecule has 3 nitrogen and oxygen atoms in total. The zero-order valence-electron chi connectivity index (χ0n) is 11.3. The van der Waals surface area contributed by atoms with Gasteiger partial charge in [-0.2, -0.15) is 13.2 Å². The standard InChI is InChI=1S/C15H14F3NO2/c1-20-12-7-10(6-11(19)8-12)9-21-14-5-3-2-4-13(14)15(16,17)18/h2-8H,9,19H2,1H3. The maximum Gasteiger partial charge on any atom is 0.419 e. The van der Waals surface area contributed by atoms with Crippen molar-refractivity contribution in [2.24, 2.45) is 0 Å². The Hall–Kier alpha value is -2.37. The predicted octanol–water partition coefficient (Wildman–Crippen LogP) is 3.88. The minimum Gasteiger partial charge on any atom is -0.497 e. The lowest BCUT2D eigenvalue weighted by molar-refractivity contribution is -0.139. The third-order valence-corrected chi connectivity index (χ3v) is 2.81. The first-order valence-electron chi connectivity index (χ1n) is 6.12. The van der Waals surface area contributed by atoms with Gasteiger partial charge in [0.1, 0.15) is 18.1 Å². The smallest absolute Gasteiger partial charge is 0.419 e. The maximum atomic E-state index is 12.8. The predicted molar refractivity (Wildman–Crippen MR) is 73.2 cm³/mol. The van der Waals surface area contributed by atoms with Crippen molar-refractivity contribution in [1.82, 2.24) is 0 Å². The lowest BCUT2D eigenvalue weighted by atomic mass is 10.2. The maximum absolute atomic E-state index is 12.8. The molecule has 0 atom stereocenters. The van der Waals surface area contributed by atoms with Gasteiger partial charge in [-0.25, -0.2) is 0 Å². The second-order valence-electron chi connectivity index (χ2n) is 4.40. The van der Waals surface area contributed by atoms with Crippen LogP contribution in [0.2, 0.25) is 0 Å². The SMILES string of the molecule is COc1cc(N)cc(COc2ccccc2C(F)(F)F)c1. The van der Waals surface area contributed by atoms with E-state index in [2.05, 4.69) is 0 Å². The number of hydrogen-bond acceptors (Lipinski definition) is 3. The van der Waals surface area contributed by atoms with Crippen molar-refractivity contribution in [3.8, 4) is 11.5 Å². The van der Waals surface area contributed by atoms with Gasteiger partial charge < -0.3 is 15.2 Å². The van der Waals surface area contributed by atoms with Gasteiger partial charge in [0.05, 0.1) is 12.7 Å². The topological polar surface area (TPSA) is 44.5 Å². The summed E-state index contributed by atoms with van der Waals surface area (Å²) in [6.45, 7) is -0.0332. The zero-order valence-corrected chi connectivity index (χ0v) is 11.3. The van der Waals surface area contributed by atoms with Crippen molar-refractivity contribution in [3.05, 3.63) is 53.6 Å². The highest BCUT2D eigenvalue weighted by Gasteiger charge is 2.33. The van der Waals surface area contributed by atoms with Gasteiger partial charge >= 0.3 is 6.18 Å². The molecule has 0 heterocycles. The van der Waals surface area contributed by atoms with Crippen molar-refractivity contribution in [2.75, 3.05) is 12.8 Å². The Labute approximate surface area is 120 Å². The van der Waals surface area contributed by atoms with Crippen molar-refractivity contribution in [2.45, 2.75) is 12.8 Å². The number of benzene rings is 2. The molecule has 0 aromatic heterocycles. The van der Waals surface area contributed by atoms with E-state index in [1.54, 1.807) is 18.2 Å². The summed E-state index contributed by atoms with van der Waals surface area (Å²) in [5, 5.41) is 0. The molecule has 0 unspecified atom stereocenters. The third-order valence-electron chi connectivity index (χ3n) is 2.81. The largest absolute Gasteiger partial charge is 0.497 e. The normalized spacial score (nSPS) is 11.2. The van der Waals surface area contributed by atoms with E-state index in [4.69, 9.17) is 15.2 Å². The van der Waals surface area contributed by atoms with E-state index < -0.39 is 11.7 Å². The summed E-state index contributed by atoms with van der Waals surface area (Å²) >= 11 is 0. The van der Waals surface area contributed by atoms with Crippen LogP contribution in [-0.2, 0) is 12.8 Å². The summed E-state index contributed by atoms with van der Waals surface area (Å²) < 4.78 is 48.8. The van der Waals surface area contributed by atoms with Crippen molar-refractivity contribution < 1.29 is 22.6 Å². The molecule has 0 saturated carbocycles. The molecular weight excluding hydrogens is 283 g/mol. The van der Waals surface area contributed by atoms with Gasteiger partial charge in [-0.15, -0.1) is 0 Å². The zero-order chi connectivity index (χ0) is 15.5. The summed E-state index contributed by atoms with van der Waals surface area (Å²) in [5.41, 5.74) is 5.97. The van der Waals surface area contributed by atoms with Crippen molar-refractivity contribution in [1.29, 1.82) is 0 Å². The quantitative estimate of drug-likeness (QED) is 0.871. The van der Waals surface area contributed by atoms with Crippen molar-refractivity contribution in [3.63, 3.8) is 0 Å². The highest BCUT2D eigenvalue weighted by Crippen LogP contribution is 2.36. The molecule has 0 radical (unpaired) electrons. The lowest BCUT2D eigenvalue weighted by Gasteiger charge is -2.14. The summed E-state index contributed by atoms with van der Waals surface area (Å²) in [6.07, 6.45) is -4.45. The Balaban J connectivity index is 2.19. The number of ether oxygens (including phenoxy) is 2. The van der Waals surface area contributed by atoms with E-state index in [9.17, 15) is 13.2 Å². The Kier molecular flexibility index (Phi) is 4.26. The molecule has 0 aliphatic rings. The first-order valence-corrected chi connectivity index (χ1v) is 6.12. The van der Waals surface area contributed by atoms with E-state index >= 15 is 0 Å². The fourth-order valence-electron chi connectivity index (χ4n) is 1.88. The summed E-state index contributed by atoms with van der Waals surface area (Å²) in [5.74, 6) is 0.309. The Morgan fingerprint density at radius 1 is 1.10 bits per heavy atom. The van der Waals surface area contributed by atoms with Crippen LogP contribution in [0, 0.1) is 0 Å². The molecule has 2 N–H and O–H groups in total. The highest BCUT2D eigenvalue weighted by atomic mass is 19.4. The monoisotopic (exact) mass is 297 g/mol. The second-order valence-corrected chi connectivity index (χ2v) is 4.40. The average molecular weight is 297 g/mol. The second kappa shape index (κ2) is 5.95. The van der Waals surface area contributed by atoms with Gasteiger partial charge in [0.15, 0.2) is 0 Å². The molecular formula is C15H14F3NO2. The number of nitrogen functional groups attached to an aromatic ring is 1. The molecule has 2 aromatic rings. The van der Waals surface area contributed by atoms with E-state index in [-0.39, 0.29) is 12.4 Å². The van der Waals surface area contributed by atoms with Crippen LogP contribution in [0.5, 0.6) is 11.5 Å². The molecule has 0 amide bonds. The van der Waals surface area contributed by atoms with Crippen LogP contribution < -0.4 is 15.2 Å². The van der Waals surface area contributed by atoms with E-state index in [0.29, 0.717) is 17.0 Å². The minimum absolute atomic E-state index is 0.0332. The number of methoxy groups -OCH3 is 1. The van der Waals surface area contributed by atoms with Crippen molar-refractivity contribution >= 4 is 5.69 Å². The van der Waals surface area contributed by atoms with Crippen LogP contribution in [0.3, 0.4) is 0 Å². The van der Waals surface area contributed by atoms with Gasteiger partial charge in [-0.05, 0) is 29.8 Å². The number of anilines is 1. The Morgan fingerprint density at radius 3 is 2.48 bits per heavy atom. The summed E-state index contributed by atoms with van der Waals surface area (Å²) in [4.78, 5) is 0. The number of halogens is 3. The van der Waals surface area contributed by atoms with E-state index in [1.165, 1.54) is 25.3 Å². The summed E-state index contributed by atoms with van der Waals surface area (Å²) in [7, 11) is 1.48. The summed E-state index contributed by atoms with van der Waals surface area (Å²) in [6, 6.07) is 9.98. The highest BCUT2D eigenvalue weighted by molar-refractivity contribution is 5.47. The lowest BCUT2D eigenvalue weighted by Crippen LogP contribution is -2.08. The molecule has 2 rings (SSSR count). The molecule has 0 spiro atoms. The fraction of sp³-hybridized carbons (Fsp3) is 0.200. The van der Waals surface area contributed by atoms with Crippen LogP contribution in [-0.4, -0.2) is 7.11 Å². The van der Waals surface area contributed by atoms with Crippen LogP contribution in [0.4, 0.5) is 18.9 Å². The van der Waals surface area contributed by atoms with Crippen LogP contribution in [0.15, 0.2) is 42.5 Å². The van der Waals surface area contributed by atoms with E-state index in [0.717, 1.165) is 6.07 Å². The number of hydrogen-bond donors (Lipinski definition) is 1. The van der Waals surface area contributed by atoms with Crippen LogP contribution >= 0.6 is 0 Å². The first kappa shape index (κ1) is 15.0. The molecule has 112 valence electrons.